The number of furan rings is 1. The highest BCUT2D eigenvalue weighted by Crippen LogP contribution is 2.24. The molecule has 0 aliphatic carbocycles. The highest BCUT2D eigenvalue weighted by molar-refractivity contribution is 5.78. The van der Waals surface area contributed by atoms with Crippen LogP contribution in [0.25, 0.3) is 22.4 Å². The monoisotopic (exact) mass is 213 g/mol. The Hall–Kier alpha value is -2.10. The number of H-pyrrole nitrogens is 1. The molecular weight excluding hydrogens is 202 g/mol. The van der Waals surface area contributed by atoms with Gasteiger partial charge in [-0.05, 0) is 12.1 Å². The maximum Gasteiger partial charge on any atom is 0.142 e. The number of aromatic nitrogens is 3. The lowest BCUT2D eigenvalue weighted by Gasteiger charge is -1.94. The number of rotatable bonds is 2. The Morgan fingerprint density at radius 1 is 1.38 bits per heavy atom. The molecule has 1 N–H and O–H groups in total. The number of imidazole rings is 1. The minimum absolute atomic E-state index is 0.841. The van der Waals surface area contributed by atoms with Gasteiger partial charge < -0.3 is 9.40 Å². The molecule has 4 nitrogen and oxygen atoms in total. The molecule has 4 heteroatoms. The quantitative estimate of drug-likeness (QED) is 0.712. The zero-order chi connectivity index (χ0) is 11.0. The third-order valence-corrected chi connectivity index (χ3v) is 2.61. The molecule has 0 amide bonds. The number of fused-ring (bicyclic) bond motifs is 1. The van der Waals surface area contributed by atoms with E-state index in [0.717, 1.165) is 34.6 Å². The molecule has 0 fully saturated rings. The molecule has 0 spiro atoms. The Balaban J connectivity index is 2.19. The molecule has 80 valence electrons. The first kappa shape index (κ1) is 9.15. The van der Waals surface area contributed by atoms with Crippen molar-refractivity contribution in [3.8, 4) is 11.4 Å². The molecular formula is C12H11N3O. The zero-order valence-electron chi connectivity index (χ0n) is 8.90. The van der Waals surface area contributed by atoms with Crippen LogP contribution in [0.4, 0.5) is 0 Å². The van der Waals surface area contributed by atoms with Crippen LogP contribution in [0.5, 0.6) is 0 Å². The van der Waals surface area contributed by atoms with Gasteiger partial charge in [-0.3, -0.25) is 4.98 Å². The minimum Gasteiger partial charge on any atom is -0.469 e. The van der Waals surface area contributed by atoms with E-state index in [9.17, 15) is 0 Å². The van der Waals surface area contributed by atoms with Crippen molar-refractivity contribution in [2.24, 2.45) is 0 Å². The summed E-state index contributed by atoms with van der Waals surface area (Å²) in [5, 5.41) is 0. The first-order chi connectivity index (χ1) is 7.88. The van der Waals surface area contributed by atoms with Crippen LogP contribution >= 0.6 is 0 Å². The maximum absolute atomic E-state index is 5.39. The SMILES string of the molecule is CCc1occc1-c1nc2ccncc2[nH]1. The first-order valence-corrected chi connectivity index (χ1v) is 5.25. The van der Waals surface area contributed by atoms with Gasteiger partial charge in [-0.2, -0.15) is 0 Å². The van der Waals surface area contributed by atoms with Gasteiger partial charge in [-0.25, -0.2) is 4.98 Å². The van der Waals surface area contributed by atoms with Crippen molar-refractivity contribution >= 4 is 11.0 Å². The van der Waals surface area contributed by atoms with E-state index < -0.39 is 0 Å². The number of hydrogen-bond donors (Lipinski definition) is 1. The highest BCUT2D eigenvalue weighted by atomic mass is 16.3. The summed E-state index contributed by atoms with van der Waals surface area (Å²) >= 11 is 0. The van der Waals surface area contributed by atoms with Crippen LogP contribution in [0.15, 0.2) is 35.2 Å². The maximum atomic E-state index is 5.39. The lowest BCUT2D eigenvalue weighted by Crippen LogP contribution is -1.83. The van der Waals surface area contributed by atoms with E-state index >= 15 is 0 Å². The molecule has 3 aromatic heterocycles. The molecule has 0 aliphatic rings. The Kier molecular flexibility index (Phi) is 1.99. The number of aryl methyl sites for hydroxylation is 1. The van der Waals surface area contributed by atoms with Gasteiger partial charge in [0.05, 0.1) is 29.1 Å². The van der Waals surface area contributed by atoms with Gasteiger partial charge in [0, 0.05) is 12.6 Å². The number of nitrogens with one attached hydrogen (secondary N) is 1. The second kappa shape index (κ2) is 3.48. The van der Waals surface area contributed by atoms with Crippen molar-refractivity contribution in [2.75, 3.05) is 0 Å². The standard InChI is InChI=1S/C12H11N3O/c1-2-11-8(4-6-16-11)12-14-9-3-5-13-7-10(9)15-12/h3-7H,2H2,1H3,(H,14,15). The molecule has 0 aliphatic heterocycles. The summed E-state index contributed by atoms with van der Waals surface area (Å²) in [6, 6.07) is 3.82. The Labute approximate surface area is 92.3 Å². The molecule has 3 rings (SSSR count). The number of pyridine rings is 1. The van der Waals surface area contributed by atoms with Gasteiger partial charge in [-0.1, -0.05) is 6.92 Å². The van der Waals surface area contributed by atoms with Gasteiger partial charge in [0.15, 0.2) is 0 Å². The van der Waals surface area contributed by atoms with Crippen LogP contribution in [-0.4, -0.2) is 15.0 Å². The largest absolute Gasteiger partial charge is 0.469 e. The third-order valence-electron chi connectivity index (χ3n) is 2.61. The van der Waals surface area contributed by atoms with Crippen molar-refractivity contribution in [3.05, 3.63) is 36.5 Å². The second-order valence-electron chi connectivity index (χ2n) is 3.59. The molecule has 0 aromatic carbocycles. The molecule has 0 bridgehead atoms. The number of nitrogens with zero attached hydrogens (tertiary/aromatic N) is 2. The van der Waals surface area contributed by atoms with E-state index in [4.69, 9.17) is 4.42 Å². The molecule has 0 radical (unpaired) electrons. The topological polar surface area (TPSA) is 54.7 Å². The average molecular weight is 213 g/mol. The van der Waals surface area contributed by atoms with E-state index in [2.05, 4.69) is 21.9 Å². The number of hydrogen-bond acceptors (Lipinski definition) is 3. The molecule has 0 saturated carbocycles. The van der Waals surface area contributed by atoms with Crippen molar-refractivity contribution in [1.29, 1.82) is 0 Å². The molecule has 0 unspecified atom stereocenters. The fraction of sp³-hybridized carbons (Fsp3) is 0.167. The number of aromatic amines is 1. The van der Waals surface area contributed by atoms with Crippen LogP contribution in [0.2, 0.25) is 0 Å². The fourth-order valence-electron chi connectivity index (χ4n) is 1.81. The first-order valence-electron chi connectivity index (χ1n) is 5.25. The summed E-state index contributed by atoms with van der Waals surface area (Å²) in [5.74, 6) is 1.79. The lowest BCUT2D eigenvalue weighted by atomic mass is 10.2. The summed E-state index contributed by atoms with van der Waals surface area (Å²) in [6.07, 6.45) is 6.07. The summed E-state index contributed by atoms with van der Waals surface area (Å²) in [6.45, 7) is 2.06. The van der Waals surface area contributed by atoms with Gasteiger partial charge in [0.2, 0.25) is 0 Å². The van der Waals surface area contributed by atoms with Gasteiger partial charge >= 0.3 is 0 Å². The van der Waals surface area contributed by atoms with Crippen LogP contribution in [-0.2, 0) is 6.42 Å². The highest BCUT2D eigenvalue weighted by Gasteiger charge is 2.11. The van der Waals surface area contributed by atoms with Gasteiger partial charge in [0.25, 0.3) is 0 Å². The van der Waals surface area contributed by atoms with E-state index in [1.807, 2.05) is 12.1 Å². The summed E-state index contributed by atoms with van der Waals surface area (Å²) < 4.78 is 5.39. The Morgan fingerprint density at radius 2 is 2.31 bits per heavy atom. The predicted molar refractivity (Wildman–Crippen MR) is 61.0 cm³/mol. The van der Waals surface area contributed by atoms with Crippen molar-refractivity contribution in [2.45, 2.75) is 13.3 Å². The van der Waals surface area contributed by atoms with Crippen LogP contribution in [0.1, 0.15) is 12.7 Å². The van der Waals surface area contributed by atoms with Crippen molar-refractivity contribution < 1.29 is 4.42 Å². The van der Waals surface area contributed by atoms with Gasteiger partial charge in [-0.15, -0.1) is 0 Å². The van der Waals surface area contributed by atoms with E-state index in [1.165, 1.54) is 0 Å². The van der Waals surface area contributed by atoms with E-state index in [0.29, 0.717) is 0 Å². The Morgan fingerprint density at radius 3 is 3.12 bits per heavy atom. The van der Waals surface area contributed by atoms with Crippen molar-refractivity contribution in [3.63, 3.8) is 0 Å². The summed E-state index contributed by atoms with van der Waals surface area (Å²) in [5.41, 5.74) is 2.90. The fourth-order valence-corrected chi connectivity index (χ4v) is 1.81. The van der Waals surface area contributed by atoms with E-state index in [1.54, 1.807) is 18.7 Å². The second-order valence-corrected chi connectivity index (χ2v) is 3.59. The molecule has 3 aromatic rings. The predicted octanol–water partition coefficient (Wildman–Crippen LogP) is 2.78. The normalized spacial score (nSPS) is 11.1. The zero-order valence-corrected chi connectivity index (χ0v) is 8.90. The smallest absolute Gasteiger partial charge is 0.142 e. The molecule has 16 heavy (non-hydrogen) atoms. The summed E-state index contributed by atoms with van der Waals surface area (Å²) in [4.78, 5) is 11.8. The van der Waals surface area contributed by atoms with Crippen LogP contribution < -0.4 is 0 Å². The van der Waals surface area contributed by atoms with Gasteiger partial charge in [0.1, 0.15) is 11.6 Å². The minimum atomic E-state index is 0.841. The molecule has 0 saturated heterocycles. The lowest BCUT2D eigenvalue weighted by molar-refractivity contribution is 0.517. The van der Waals surface area contributed by atoms with Crippen LogP contribution in [0, 0.1) is 0 Å². The Bertz CT molecular complexity index is 591. The molecule has 3 heterocycles. The van der Waals surface area contributed by atoms with Crippen molar-refractivity contribution in [1.82, 2.24) is 15.0 Å². The third kappa shape index (κ3) is 1.31. The van der Waals surface area contributed by atoms with Crippen LogP contribution in [0.3, 0.4) is 0 Å². The molecule has 0 atom stereocenters. The summed E-state index contributed by atoms with van der Waals surface area (Å²) in [7, 11) is 0. The van der Waals surface area contributed by atoms with E-state index in [-0.39, 0.29) is 0 Å². The average Bonchev–Trinajstić information content (AvgIpc) is 2.94.